The van der Waals surface area contributed by atoms with E-state index in [1.165, 1.54) is 18.9 Å². The molecule has 0 aliphatic rings. The van der Waals surface area contributed by atoms with Crippen molar-refractivity contribution in [1.82, 2.24) is 133 Å². The van der Waals surface area contributed by atoms with Crippen LogP contribution in [0.5, 0.6) is 0 Å². The van der Waals surface area contributed by atoms with Gasteiger partial charge < -0.3 is 39.5 Å². The van der Waals surface area contributed by atoms with Crippen LogP contribution in [0.3, 0.4) is 0 Å². The van der Waals surface area contributed by atoms with Crippen LogP contribution >= 0.6 is 0 Å². The number of carbonyl (C=O) groups excluding carboxylic acids is 4. The van der Waals surface area contributed by atoms with E-state index in [2.05, 4.69) is 137 Å². The van der Waals surface area contributed by atoms with Crippen molar-refractivity contribution in [2.75, 3.05) is 21.3 Å². The number of pyridine rings is 9. The van der Waals surface area contributed by atoms with Crippen LogP contribution in [0.2, 0.25) is 0 Å². The van der Waals surface area contributed by atoms with Gasteiger partial charge in [-0.05, 0) is 148 Å². The van der Waals surface area contributed by atoms with E-state index in [0.717, 1.165) is 129 Å². The van der Waals surface area contributed by atoms with Gasteiger partial charge in [0.2, 0.25) is 23.6 Å². The van der Waals surface area contributed by atoms with Crippen molar-refractivity contribution in [3.8, 4) is 96.1 Å². The molecule has 129 heavy (non-hydrogen) atoms. The first-order valence-electron chi connectivity index (χ1n) is 39.9. The molecule has 20 aromatic rings. The first-order chi connectivity index (χ1) is 63.1. The maximum Gasteiger partial charge on any atom is 0.245 e. The lowest BCUT2D eigenvalue weighted by atomic mass is 9.99. The Morgan fingerprint density at radius 3 is 1.09 bits per heavy atom. The zero-order chi connectivity index (χ0) is 88.5. The number of fused-ring (bicyclic) bond motifs is 4. The monoisotopic (exact) mass is 1700 g/mol. The summed E-state index contributed by atoms with van der Waals surface area (Å²) in [7, 11) is 1.86. The Kier molecular flexibility index (Phi) is 24.6. The van der Waals surface area contributed by atoms with Crippen molar-refractivity contribution in [2.24, 2.45) is 7.05 Å². The molecular formula is C93H72N32O4. The van der Waals surface area contributed by atoms with Gasteiger partial charge in [-0.2, -0.15) is 10.4 Å². The number of carbonyl (C=O) groups is 4. The molecule has 0 unspecified atom stereocenters. The molecule has 0 saturated carbocycles. The maximum absolute atomic E-state index is 12.7. The highest BCUT2D eigenvalue weighted by Gasteiger charge is 2.21. The predicted molar refractivity (Wildman–Crippen MR) is 481 cm³/mol. The highest BCUT2D eigenvalue weighted by Crippen LogP contribution is 2.34. The number of hydrogen-bond donors (Lipinski definition) is 4. The number of aromatic nitrogens is 27. The van der Waals surface area contributed by atoms with Crippen LogP contribution in [0.1, 0.15) is 22.6 Å². The average Bonchev–Trinajstić information content (AvgIpc) is 1.64. The standard InChI is InChI=1S/C25H18N8O.C24H19N7O.C23H18N8O.C21H17N9O/c1-16-10-17(4-6-28-16)24-19(11-26)13-31-25-20(24)5-9-33(25)15-23(34)32-22-3-2-18(12-30-22)21-14-27-7-8-29-21;1-16-12-17(4-7-26-16)24-19-6-11-31(21(19)5-8-28-24)15-23(32)30-22-3-2-18(13-29-22)20-14-25-9-10-27-20;1-15-10-16(4-6-25-15)22-18-5-9-31(23(18)29-14-28-22)13-21(32)30-20-3-2-17(11-27-20)19-12-24-7-8-26-19;1-29-17(4-6-27-29)20-15-5-9-30(21(15)26-13-25-20)12-19(31)28-18-3-2-14(10-24-18)16-11-22-7-8-23-16/h2-10,12-14H,15H2,1H3,(H,30,32,34);2-14H,15H2,1H3,(H,29,30,32);2-12,14H,13H2,1H3,(H,27,30,32);2-11,13H,12H2,1H3,(H,24,28,31). The molecule has 20 aromatic heterocycles. The van der Waals surface area contributed by atoms with Gasteiger partial charge in [0.05, 0.1) is 75.7 Å². The van der Waals surface area contributed by atoms with Crippen LogP contribution in [0, 0.1) is 32.1 Å². The summed E-state index contributed by atoms with van der Waals surface area (Å²) in [6.07, 6.45) is 46.8. The Labute approximate surface area is 733 Å². The maximum atomic E-state index is 12.7. The van der Waals surface area contributed by atoms with E-state index in [9.17, 15) is 24.4 Å². The van der Waals surface area contributed by atoms with Crippen molar-refractivity contribution in [3.63, 3.8) is 0 Å². The lowest BCUT2D eigenvalue weighted by Crippen LogP contribution is -2.19. The zero-order valence-electron chi connectivity index (χ0n) is 69.2. The Balaban J connectivity index is 0.000000121. The molecule has 0 bridgehead atoms. The summed E-state index contributed by atoms with van der Waals surface area (Å²) in [4.78, 5) is 140. The van der Waals surface area contributed by atoms with E-state index in [-0.39, 0.29) is 49.8 Å². The second kappa shape index (κ2) is 38.3. The minimum atomic E-state index is -0.246. The lowest BCUT2D eigenvalue weighted by molar-refractivity contribution is -0.117. The summed E-state index contributed by atoms with van der Waals surface area (Å²) in [5.74, 6) is 1.00. The van der Waals surface area contributed by atoms with E-state index in [0.29, 0.717) is 51.5 Å². The molecule has 0 fully saturated rings. The number of aryl methyl sites for hydroxylation is 4. The fourth-order valence-electron chi connectivity index (χ4n) is 14.2. The summed E-state index contributed by atoms with van der Waals surface area (Å²) in [6, 6.07) is 39.6. The zero-order valence-corrected chi connectivity index (χ0v) is 69.2. The van der Waals surface area contributed by atoms with Gasteiger partial charge in [-0.25, -0.2) is 44.9 Å². The third-order valence-corrected chi connectivity index (χ3v) is 20.1. The van der Waals surface area contributed by atoms with Gasteiger partial charge in [0.1, 0.15) is 90.8 Å². The number of rotatable bonds is 20. The smallest absolute Gasteiger partial charge is 0.245 e. The summed E-state index contributed by atoms with van der Waals surface area (Å²) < 4.78 is 8.97. The van der Waals surface area contributed by atoms with Gasteiger partial charge in [0.15, 0.2) is 0 Å². The van der Waals surface area contributed by atoms with Crippen molar-refractivity contribution >= 4 is 90.9 Å². The van der Waals surface area contributed by atoms with E-state index in [4.69, 9.17) is 0 Å². The Bertz CT molecular complexity index is 7240. The van der Waals surface area contributed by atoms with E-state index in [1.807, 2.05) is 148 Å². The summed E-state index contributed by atoms with van der Waals surface area (Å²) in [5, 5.41) is 28.6. The first kappa shape index (κ1) is 82.9. The number of nitrogens with one attached hydrogen (secondary N) is 4. The van der Waals surface area contributed by atoms with Crippen molar-refractivity contribution < 1.29 is 19.2 Å². The second-order valence-electron chi connectivity index (χ2n) is 28.9. The SMILES string of the molecule is Cc1cc(-c2c(C#N)cnc3c2ccn3CC(=O)Nc2ccc(-c3cnccn3)cn2)ccn1.Cc1cc(-c2nccc3c2ccn3CC(=O)Nc2ccc(-c3cnccn3)cn2)ccn1.Cc1cc(-c2ncnc3c2ccn3CC(=O)Nc2ccc(-c3cnccn3)cn2)ccn1.Cn1nccc1-c1ncnc2c1ccn2CC(=O)Nc1ccc(-c2cnccn2)cn1. The average molecular weight is 1700 g/mol. The molecule has 0 aliphatic carbocycles. The van der Waals surface area contributed by atoms with Crippen LogP contribution in [-0.2, 0) is 52.4 Å². The molecule has 0 spiro atoms. The van der Waals surface area contributed by atoms with E-state index < -0.39 is 0 Å². The molecule has 0 atom stereocenters. The molecule has 20 rings (SSSR count). The quantitative estimate of drug-likeness (QED) is 0.0550. The molecule has 4 N–H and O–H groups in total. The third-order valence-electron chi connectivity index (χ3n) is 20.1. The molecule has 0 aromatic carbocycles. The highest BCUT2D eigenvalue weighted by atomic mass is 16.2. The first-order valence-corrected chi connectivity index (χ1v) is 39.9. The van der Waals surface area contributed by atoms with Crippen LogP contribution in [-0.4, -0.2) is 156 Å². The minimum Gasteiger partial charge on any atom is -0.338 e. The predicted octanol–water partition coefficient (Wildman–Crippen LogP) is 13.3. The van der Waals surface area contributed by atoms with Gasteiger partial charge in [-0.3, -0.25) is 83.7 Å². The van der Waals surface area contributed by atoms with Crippen molar-refractivity contribution in [3.05, 3.63) is 318 Å². The number of amides is 4. The number of anilines is 4. The fraction of sp³-hybridized carbons (Fsp3) is 0.0860. The van der Waals surface area contributed by atoms with Crippen LogP contribution < -0.4 is 21.3 Å². The molecule has 0 radical (unpaired) electrons. The van der Waals surface area contributed by atoms with Crippen molar-refractivity contribution in [2.45, 2.75) is 47.0 Å². The van der Waals surface area contributed by atoms with E-state index >= 15 is 0 Å². The Hall–Kier alpha value is -18.4. The number of nitrogens with zero attached hydrogens (tertiary/aromatic N) is 28. The molecular weight excluding hydrogens is 1630 g/mol. The molecule has 0 aliphatic heterocycles. The van der Waals surface area contributed by atoms with Gasteiger partial charge in [-0.1, -0.05) is 0 Å². The van der Waals surface area contributed by atoms with Crippen molar-refractivity contribution in [1.29, 1.82) is 5.26 Å². The number of nitriles is 1. The van der Waals surface area contributed by atoms with Gasteiger partial charge in [0, 0.05) is 221 Å². The normalized spacial score (nSPS) is 10.9. The molecule has 36 heteroatoms. The Morgan fingerprint density at radius 2 is 0.690 bits per heavy atom. The second-order valence-corrected chi connectivity index (χ2v) is 28.9. The topological polar surface area (TPSA) is 448 Å². The fourth-order valence-corrected chi connectivity index (χ4v) is 14.2. The number of hydrogen-bond acceptors (Lipinski definition) is 27. The van der Waals surface area contributed by atoms with Gasteiger partial charge >= 0.3 is 0 Å². The molecule has 4 amide bonds. The summed E-state index contributed by atoms with van der Waals surface area (Å²) in [6.45, 7) is 6.19. The van der Waals surface area contributed by atoms with Crippen LogP contribution in [0.4, 0.5) is 23.3 Å². The van der Waals surface area contributed by atoms with Gasteiger partial charge in [0.25, 0.3) is 0 Å². The van der Waals surface area contributed by atoms with Crippen LogP contribution in [0.15, 0.2) is 295 Å². The third kappa shape index (κ3) is 19.6. The molecule has 0 saturated heterocycles. The summed E-state index contributed by atoms with van der Waals surface area (Å²) >= 11 is 0. The van der Waals surface area contributed by atoms with E-state index in [1.54, 1.807) is 179 Å². The largest absolute Gasteiger partial charge is 0.338 e. The summed E-state index contributed by atoms with van der Waals surface area (Å²) in [5.41, 5.74) is 19.1. The highest BCUT2D eigenvalue weighted by molar-refractivity contribution is 6.00. The molecule has 20 heterocycles. The van der Waals surface area contributed by atoms with Gasteiger partial charge in [-0.15, -0.1) is 0 Å². The van der Waals surface area contributed by atoms with Crippen LogP contribution in [0.25, 0.3) is 134 Å². The Morgan fingerprint density at radius 1 is 0.318 bits per heavy atom. The minimum absolute atomic E-state index is 0.0464. The molecule has 36 nitrogen and oxygen atoms in total. The molecule has 628 valence electrons. The lowest BCUT2D eigenvalue weighted by Gasteiger charge is -2.09.